The topological polar surface area (TPSA) is 68.6 Å². The van der Waals surface area contributed by atoms with Gasteiger partial charge in [0.25, 0.3) is 0 Å². The van der Waals surface area contributed by atoms with Crippen LogP contribution in [-0.2, 0) is 4.79 Å². The van der Waals surface area contributed by atoms with Crippen LogP contribution < -0.4 is 14.2 Å². The second kappa shape index (κ2) is 7.70. The van der Waals surface area contributed by atoms with Crippen molar-refractivity contribution in [1.82, 2.24) is 0 Å². The van der Waals surface area contributed by atoms with Crippen molar-refractivity contribution in [1.29, 1.82) is 5.26 Å². The minimum absolute atomic E-state index is 0.272. The van der Waals surface area contributed by atoms with Crippen molar-refractivity contribution < 1.29 is 19.0 Å². The second-order valence-corrected chi connectivity index (χ2v) is 4.28. The molecule has 22 heavy (non-hydrogen) atoms. The number of carbonyl (C=O) groups is 1. The third-order valence-corrected chi connectivity index (χ3v) is 2.72. The highest BCUT2D eigenvalue weighted by molar-refractivity contribution is 5.74. The first-order valence-corrected chi connectivity index (χ1v) is 6.78. The number of esters is 1. The molecule has 2 rings (SSSR count). The number of hydrogen-bond donors (Lipinski definition) is 0. The zero-order chi connectivity index (χ0) is 15.8. The second-order valence-electron chi connectivity index (χ2n) is 4.28. The highest BCUT2D eigenvalue weighted by Crippen LogP contribution is 2.19. The molecule has 2 aromatic carbocycles. The summed E-state index contributed by atoms with van der Waals surface area (Å²) in [5.41, 5.74) is 0.372. The summed E-state index contributed by atoms with van der Waals surface area (Å²) in [5.74, 6) is 0.928. The summed E-state index contributed by atoms with van der Waals surface area (Å²) in [6.07, 6.45) is 0. The van der Waals surface area contributed by atoms with Gasteiger partial charge in [0, 0.05) is 0 Å². The van der Waals surface area contributed by atoms with Crippen molar-refractivity contribution in [3.05, 3.63) is 54.1 Å². The van der Waals surface area contributed by atoms with Crippen molar-refractivity contribution in [3.8, 4) is 23.3 Å². The Morgan fingerprint density at radius 3 is 2.41 bits per heavy atom. The van der Waals surface area contributed by atoms with E-state index in [4.69, 9.17) is 19.5 Å². The third kappa shape index (κ3) is 4.25. The monoisotopic (exact) mass is 297 g/mol. The van der Waals surface area contributed by atoms with E-state index in [1.165, 1.54) is 0 Å². The van der Waals surface area contributed by atoms with E-state index < -0.39 is 5.97 Å². The van der Waals surface area contributed by atoms with Gasteiger partial charge in [-0.25, -0.2) is 4.79 Å². The SMILES string of the molecule is CCOc1ccc(OC(=O)COc2ccccc2C#N)cc1. The van der Waals surface area contributed by atoms with Crippen LogP contribution in [0.25, 0.3) is 0 Å². The van der Waals surface area contributed by atoms with Crippen LogP contribution in [0, 0.1) is 11.3 Å². The van der Waals surface area contributed by atoms with Crippen LogP contribution in [0.4, 0.5) is 0 Å². The number of hydrogen-bond acceptors (Lipinski definition) is 5. The van der Waals surface area contributed by atoms with Gasteiger partial charge >= 0.3 is 5.97 Å². The van der Waals surface area contributed by atoms with Crippen molar-refractivity contribution in [2.45, 2.75) is 6.92 Å². The van der Waals surface area contributed by atoms with Crippen molar-refractivity contribution in [2.75, 3.05) is 13.2 Å². The highest BCUT2D eigenvalue weighted by atomic mass is 16.6. The minimum Gasteiger partial charge on any atom is -0.494 e. The first-order chi connectivity index (χ1) is 10.7. The van der Waals surface area contributed by atoms with E-state index in [9.17, 15) is 4.79 Å². The molecule has 0 amide bonds. The molecule has 0 aliphatic heterocycles. The van der Waals surface area contributed by atoms with E-state index in [2.05, 4.69) is 0 Å². The van der Waals surface area contributed by atoms with Crippen LogP contribution in [0.15, 0.2) is 48.5 Å². The van der Waals surface area contributed by atoms with Crippen molar-refractivity contribution >= 4 is 5.97 Å². The Morgan fingerprint density at radius 1 is 1.05 bits per heavy atom. The lowest BCUT2D eigenvalue weighted by molar-refractivity contribution is -0.136. The number of rotatable bonds is 6. The Hall–Kier alpha value is -3.00. The molecule has 0 heterocycles. The molecule has 0 spiro atoms. The summed E-state index contributed by atoms with van der Waals surface area (Å²) in [6.45, 7) is 2.20. The summed E-state index contributed by atoms with van der Waals surface area (Å²) in [6, 6.07) is 15.4. The van der Waals surface area contributed by atoms with Gasteiger partial charge in [0.15, 0.2) is 6.61 Å². The number of nitriles is 1. The van der Waals surface area contributed by atoms with Gasteiger partial charge in [-0.1, -0.05) is 12.1 Å². The Bertz CT molecular complexity index is 674. The molecule has 0 fully saturated rings. The highest BCUT2D eigenvalue weighted by Gasteiger charge is 2.08. The fraction of sp³-hybridized carbons (Fsp3) is 0.176. The lowest BCUT2D eigenvalue weighted by atomic mass is 10.2. The Morgan fingerprint density at radius 2 is 1.73 bits per heavy atom. The molecule has 112 valence electrons. The number of para-hydroxylation sites is 1. The van der Waals surface area contributed by atoms with Crippen molar-refractivity contribution in [3.63, 3.8) is 0 Å². The number of benzene rings is 2. The van der Waals surface area contributed by atoms with Crippen LogP contribution in [0.3, 0.4) is 0 Å². The molecule has 0 saturated carbocycles. The molecule has 2 aromatic rings. The minimum atomic E-state index is -0.545. The predicted molar refractivity (Wildman–Crippen MR) is 79.9 cm³/mol. The first-order valence-electron chi connectivity index (χ1n) is 6.78. The Balaban J connectivity index is 1.89. The molecule has 0 aliphatic rings. The van der Waals surface area contributed by atoms with E-state index in [1.54, 1.807) is 48.5 Å². The van der Waals surface area contributed by atoms with Crippen LogP contribution >= 0.6 is 0 Å². The summed E-state index contributed by atoms with van der Waals surface area (Å²) in [5, 5.41) is 8.93. The molecular formula is C17H15NO4. The van der Waals surface area contributed by atoms with E-state index in [1.807, 2.05) is 13.0 Å². The fourth-order valence-electron chi connectivity index (χ4n) is 1.75. The van der Waals surface area contributed by atoms with Gasteiger partial charge in [-0.3, -0.25) is 0 Å². The maximum absolute atomic E-state index is 11.7. The maximum Gasteiger partial charge on any atom is 0.349 e. The molecule has 0 radical (unpaired) electrons. The largest absolute Gasteiger partial charge is 0.494 e. The fourth-order valence-corrected chi connectivity index (χ4v) is 1.75. The zero-order valence-corrected chi connectivity index (χ0v) is 12.1. The average molecular weight is 297 g/mol. The molecule has 0 aromatic heterocycles. The maximum atomic E-state index is 11.7. The summed E-state index contributed by atoms with van der Waals surface area (Å²) in [4.78, 5) is 11.7. The molecule has 0 aliphatic carbocycles. The van der Waals surface area contributed by atoms with Gasteiger partial charge in [0.2, 0.25) is 0 Å². The third-order valence-electron chi connectivity index (χ3n) is 2.72. The molecule has 0 bridgehead atoms. The summed E-state index contributed by atoms with van der Waals surface area (Å²) in [7, 11) is 0. The smallest absolute Gasteiger partial charge is 0.349 e. The molecule has 0 saturated heterocycles. The average Bonchev–Trinajstić information content (AvgIpc) is 2.55. The molecule has 0 atom stereocenters. The molecule has 5 heteroatoms. The van der Waals surface area contributed by atoms with Gasteiger partial charge in [0.05, 0.1) is 12.2 Å². The van der Waals surface area contributed by atoms with Crippen LogP contribution in [-0.4, -0.2) is 19.2 Å². The molecule has 0 unspecified atom stereocenters. The Labute approximate surface area is 128 Å². The van der Waals surface area contributed by atoms with Crippen LogP contribution in [0.5, 0.6) is 17.2 Å². The Kier molecular flexibility index (Phi) is 5.38. The van der Waals surface area contributed by atoms with Gasteiger partial charge in [0.1, 0.15) is 23.3 Å². The van der Waals surface area contributed by atoms with Gasteiger partial charge in [-0.05, 0) is 43.3 Å². The van der Waals surface area contributed by atoms with Crippen molar-refractivity contribution in [2.24, 2.45) is 0 Å². The lowest BCUT2D eigenvalue weighted by Crippen LogP contribution is -2.18. The van der Waals surface area contributed by atoms with Gasteiger partial charge < -0.3 is 14.2 Å². The predicted octanol–water partition coefficient (Wildman–Crippen LogP) is 2.94. The number of carbonyl (C=O) groups excluding carboxylic acids is 1. The van der Waals surface area contributed by atoms with E-state index >= 15 is 0 Å². The van der Waals surface area contributed by atoms with Gasteiger partial charge in [-0.2, -0.15) is 5.26 Å². The number of nitrogens with zero attached hydrogens (tertiary/aromatic N) is 1. The summed E-state index contributed by atoms with van der Waals surface area (Å²) >= 11 is 0. The van der Waals surface area contributed by atoms with E-state index in [-0.39, 0.29) is 6.61 Å². The van der Waals surface area contributed by atoms with Gasteiger partial charge in [-0.15, -0.1) is 0 Å². The molecule has 0 N–H and O–H groups in total. The number of ether oxygens (including phenoxy) is 3. The van der Waals surface area contributed by atoms with Crippen LogP contribution in [0.2, 0.25) is 0 Å². The molecule has 5 nitrogen and oxygen atoms in total. The lowest BCUT2D eigenvalue weighted by Gasteiger charge is -2.08. The van der Waals surface area contributed by atoms with Crippen LogP contribution in [0.1, 0.15) is 12.5 Å². The zero-order valence-electron chi connectivity index (χ0n) is 12.1. The standard InChI is InChI=1S/C17H15NO4/c1-2-20-14-7-9-15(10-8-14)22-17(19)12-21-16-6-4-3-5-13(16)11-18/h3-10H,2,12H2,1H3. The van der Waals surface area contributed by atoms with E-state index in [0.29, 0.717) is 29.4 Å². The normalized spacial score (nSPS) is 9.64. The first kappa shape index (κ1) is 15.4. The summed E-state index contributed by atoms with van der Waals surface area (Å²) < 4.78 is 15.7. The quantitative estimate of drug-likeness (QED) is 0.605. The van der Waals surface area contributed by atoms with E-state index in [0.717, 1.165) is 0 Å². The molecular weight excluding hydrogens is 282 g/mol.